The summed E-state index contributed by atoms with van der Waals surface area (Å²) in [6, 6.07) is 0. The summed E-state index contributed by atoms with van der Waals surface area (Å²) >= 11 is 0. The second-order valence-corrected chi connectivity index (χ2v) is 5.48. The highest BCUT2D eigenvalue weighted by atomic mass is 35.5. The average Bonchev–Trinajstić information content (AvgIpc) is 2.97. The summed E-state index contributed by atoms with van der Waals surface area (Å²) in [4.78, 5) is 42.0. The third-order valence-corrected chi connectivity index (χ3v) is 3.91. The number of carbonyl (C=O) groups is 1. The largest absolute Gasteiger partial charge is 0.344 e. The quantitative estimate of drug-likeness (QED) is 0.709. The maximum Gasteiger partial charge on any atom is 0.332 e. The Bertz CT molecular complexity index is 837. The van der Waals surface area contributed by atoms with Crippen LogP contribution in [0, 0.1) is 0 Å². The molecule has 0 aliphatic heterocycles. The van der Waals surface area contributed by atoms with E-state index in [1.165, 1.54) is 17.9 Å². The maximum absolute atomic E-state index is 12.3. The standard InChI is InChI=1S/C14H22N6O3.ClH/c1-15-6-8-17(2)10(21)5-7-20-9-16-12-11(20)13(22)19(4)14(23)18(12)3;/h9,15H,5-8H2,1-4H3;1H. The maximum atomic E-state index is 12.3. The molecule has 134 valence electrons. The fourth-order valence-electron chi connectivity index (χ4n) is 2.38. The van der Waals surface area contributed by atoms with Gasteiger partial charge >= 0.3 is 5.69 Å². The van der Waals surface area contributed by atoms with Crippen molar-refractivity contribution in [1.82, 2.24) is 28.9 Å². The summed E-state index contributed by atoms with van der Waals surface area (Å²) in [5, 5.41) is 2.99. The van der Waals surface area contributed by atoms with Gasteiger partial charge in [-0.05, 0) is 7.05 Å². The van der Waals surface area contributed by atoms with Crippen molar-refractivity contribution < 1.29 is 4.79 Å². The number of amides is 1. The van der Waals surface area contributed by atoms with Crippen molar-refractivity contribution >= 4 is 29.5 Å². The summed E-state index contributed by atoms with van der Waals surface area (Å²) < 4.78 is 4.00. The molecule has 1 amide bonds. The minimum Gasteiger partial charge on any atom is -0.344 e. The third-order valence-electron chi connectivity index (χ3n) is 3.91. The fourth-order valence-corrected chi connectivity index (χ4v) is 2.38. The number of aromatic nitrogens is 4. The molecule has 9 nitrogen and oxygen atoms in total. The van der Waals surface area contributed by atoms with Crippen molar-refractivity contribution in [3.05, 3.63) is 27.2 Å². The smallest absolute Gasteiger partial charge is 0.332 e. The topological polar surface area (TPSA) is 94.2 Å². The lowest BCUT2D eigenvalue weighted by atomic mass is 10.3. The molecule has 1 N–H and O–H groups in total. The minimum atomic E-state index is -0.421. The highest BCUT2D eigenvalue weighted by Crippen LogP contribution is 2.06. The number of nitrogens with zero attached hydrogens (tertiary/aromatic N) is 5. The number of hydrogen-bond donors (Lipinski definition) is 1. The summed E-state index contributed by atoms with van der Waals surface area (Å²) in [5.74, 6) is -0.0104. The molecule has 0 radical (unpaired) electrons. The Kier molecular flexibility index (Phi) is 6.73. The van der Waals surface area contributed by atoms with Crippen LogP contribution in [0.5, 0.6) is 0 Å². The van der Waals surface area contributed by atoms with E-state index in [-0.39, 0.29) is 24.7 Å². The summed E-state index contributed by atoms with van der Waals surface area (Å²) in [5.41, 5.74) is -0.165. The number of hydrogen-bond acceptors (Lipinski definition) is 5. The van der Waals surface area contributed by atoms with Gasteiger partial charge in [0, 0.05) is 47.2 Å². The third kappa shape index (κ3) is 3.68. The summed E-state index contributed by atoms with van der Waals surface area (Å²) in [7, 11) is 6.57. The molecule has 2 rings (SSSR count). The molecule has 0 atom stereocenters. The molecular formula is C14H23ClN6O3. The molecule has 10 heteroatoms. The van der Waals surface area contributed by atoms with Crippen molar-refractivity contribution in [1.29, 1.82) is 0 Å². The van der Waals surface area contributed by atoms with Gasteiger partial charge in [-0.15, -0.1) is 12.4 Å². The van der Waals surface area contributed by atoms with Crippen LogP contribution in [0.15, 0.2) is 15.9 Å². The molecule has 24 heavy (non-hydrogen) atoms. The number of likely N-dealkylation sites (N-methyl/N-ethyl adjacent to an activating group) is 2. The number of aryl methyl sites for hydroxylation is 2. The van der Waals surface area contributed by atoms with Crippen molar-refractivity contribution in [3.8, 4) is 0 Å². The van der Waals surface area contributed by atoms with Crippen LogP contribution >= 0.6 is 12.4 Å². The molecule has 2 heterocycles. The monoisotopic (exact) mass is 358 g/mol. The van der Waals surface area contributed by atoms with Gasteiger partial charge in [-0.3, -0.25) is 18.7 Å². The lowest BCUT2D eigenvalue weighted by molar-refractivity contribution is -0.130. The van der Waals surface area contributed by atoms with Crippen molar-refractivity contribution in [2.24, 2.45) is 14.1 Å². The molecule has 0 aromatic carbocycles. The summed E-state index contributed by atoms with van der Waals surface area (Å²) in [6.45, 7) is 1.68. The SMILES string of the molecule is CNCCN(C)C(=O)CCn1cnc2c1c(=O)n(C)c(=O)n2C.Cl. The molecule has 0 aliphatic carbocycles. The second kappa shape index (κ2) is 8.11. The van der Waals surface area contributed by atoms with Crippen LogP contribution < -0.4 is 16.6 Å². The normalized spacial score (nSPS) is 10.7. The molecule has 0 bridgehead atoms. The molecule has 0 unspecified atom stereocenters. The number of carbonyl (C=O) groups excluding carboxylic acids is 1. The van der Waals surface area contributed by atoms with Gasteiger partial charge in [-0.25, -0.2) is 9.78 Å². The van der Waals surface area contributed by atoms with E-state index in [1.807, 2.05) is 7.05 Å². The Balaban J connectivity index is 0.00000288. The zero-order valence-corrected chi connectivity index (χ0v) is 15.1. The van der Waals surface area contributed by atoms with Crippen molar-refractivity contribution in [2.45, 2.75) is 13.0 Å². The van der Waals surface area contributed by atoms with E-state index in [1.54, 1.807) is 23.6 Å². The average molecular weight is 359 g/mol. The first-order valence-electron chi connectivity index (χ1n) is 7.38. The van der Waals surface area contributed by atoms with Crippen LogP contribution in [0.2, 0.25) is 0 Å². The Morgan fingerprint density at radius 1 is 1.29 bits per heavy atom. The lowest BCUT2D eigenvalue weighted by Crippen LogP contribution is -2.37. The van der Waals surface area contributed by atoms with Gasteiger partial charge in [0.25, 0.3) is 5.56 Å². The van der Waals surface area contributed by atoms with E-state index < -0.39 is 11.2 Å². The molecule has 0 saturated heterocycles. The molecule has 0 spiro atoms. The van der Waals surface area contributed by atoms with E-state index in [2.05, 4.69) is 10.3 Å². The number of halogens is 1. The second-order valence-electron chi connectivity index (χ2n) is 5.48. The molecule has 0 saturated carbocycles. The van der Waals surface area contributed by atoms with Crippen LogP contribution in [0.3, 0.4) is 0 Å². The van der Waals surface area contributed by atoms with E-state index in [0.717, 1.165) is 11.1 Å². The first-order chi connectivity index (χ1) is 10.9. The first kappa shape index (κ1) is 19.9. The summed E-state index contributed by atoms with van der Waals surface area (Å²) in [6.07, 6.45) is 1.75. The Morgan fingerprint density at radius 3 is 2.58 bits per heavy atom. The predicted molar refractivity (Wildman–Crippen MR) is 93.6 cm³/mol. The van der Waals surface area contributed by atoms with Gasteiger partial charge in [0.15, 0.2) is 11.2 Å². The van der Waals surface area contributed by atoms with Gasteiger partial charge < -0.3 is 14.8 Å². The lowest BCUT2D eigenvalue weighted by Gasteiger charge is -2.17. The van der Waals surface area contributed by atoms with Gasteiger partial charge in [0.05, 0.1) is 6.33 Å². The molecule has 2 aromatic heterocycles. The van der Waals surface area contributed by atoms with E-state index in [0.29, 0.717) is 24.3 Å². The van der Waals surface area contributed by atoms with Gasteiger partial charge in [-0.2, -0.15) is 0 Å². The van der Waals surface area contributed by atoms with Crippen molar-refractivity contribution in [3.63, 3.8) is 0 Å². The molecule has 0 aliphatic rings. The van der Waals surface area contributed by atoms with Gasteiger partial charge in [-0.1, -0.05) is 0 Å². The van der Waals surface area contributed by atoms with Crippen LogP contribution in [0.25, 0.3) is 11.2 Å². The van der Waals surface area contributed by atoms with E-state index in [9.17, 15) is 14.4 Å². The van der Waals surface area contributed by atoms with Gasteiger partial charge in [0.1, 0.15) is 0 Å². The highest BCUT2D eigenvalue weighted by molar-refractivity contribution is 5.85. The van der Waals surface area contributed by atoms with Gasteiger partial charge in [0.2, 0.25) is 5.91 Å². The number of rotatable bonds is 6. The van der Waals surface area contributed by atoms with Crippen LogP contribution in [0.4, 0.5) is 0 Å². The number of imidazole rings is 1. The zero-order valence-electron chi connectivity index (χ0n) is 14.3. The zero-order chi connectivity index (χ0) is 17.1. The van der Waals surface area contributed by atoms with Crippen LogP contribution in [0.1, 0.15) is 6.42 Å². The van der Waals surface area contributed by atoms with Crippen LogP contribution in [-0.2, 0) is 25.4 Å². The minimum absolute atomic E-state index is 0. The Labute approximate surface area is 145 Å². The molecule has 0 fully saturated rings. The van der Waals surface area contributed by atoms with Crippen LogP contribution in [-0.4, -0.2) is 56.7 Å². The highest BCUT2D eigenvalue weighted by Gasteiger charge is 2.15. The first-order valence-corrected chi connectivity index (χ1v) is 7.38. The molecular weight excluding hydrogens is 336 g/mol. The molecule has 2 aromatic rings. The number of nitrogens with one attached hydrogen (secondary N) is 1. The van der Waals surface area contributed by atoms with E-state index >= 15 is 0 Å². The van der Waals surface area contributed by atoms with Crippen molar-refractivity contribution in [2.75, 3.05) is 27.2 Å². The Morgan fingerprint density at radius 2 is 1.96 bits per heavy atom. The predicted octanol–water partition coefficient (Wildman–Crippen LogP) is -1.08. The van der Waals surface area contributed by atoms with E-state index in [4.69, 9.17) is 0 Å². The fraction of sp³-hybridized carbons (Fsp3) is 0.571. The number of fused-ring (bicyclic) bond motifs is 1. The Hall–Kier alpha value is -2.13.